The molecule has 0 bridgehead atoms. The van der Waals surface area contributed by atoms with Gasteiger partial charge in [-0.3, -0.25) is 20.4 Å². The Morgan fingerprint density at radius 1 is 0.724 bits per heavy atom. The summed E-state index contributed by atoms with van der Waals surface area (Å²) in [5.74, 6) is -0.940. The summed E-state index contributed by atoms with van der Waals surface area (Å²) in [5, 5.41) is 19.8. The fraction of sp³-hybridized carbons (Fsp3) is 0.111. The van der Waals surface area contributed by atoms with Crippen molar-refractivity contribution >= 4 is 59.7 Å². The van der Waals surface area contributed by atoms with E-state index in [1.165, 1.54) is 0 Å². The number of amidine groups is 2. The minimum Gasteiger partial charge on any atom is -0.384 e. The fourth-order valence-corrected chi connectivity index (χ4v) is 2.10. The molecule has 0 aliphatic rings. The van der Waals surface area contributed by atoms with Crippen molar-refractivity contribution in [3.63, 3.8) is 0 Å². The third kappa shape index (κ3) is 8.60. The largest absolute Gasteiger partial charge is 0.384 e. The number of nitrogen functional groups attached to an aromatic ring is 2. The Labute approximate surface area is 180 Å². The van der Waals surface area contributed by atoms with Crippen molar-refractivity contribution in [2.75, 3.05) is 23.8 Å². The van der Waals surface area contributed by atoms with Crippen LogP contribution in [0.1, 0.15) is 11.1 Å². The van der Waals surface area contributed by atoms with Gasteiger partial charge < -0.3 is 26.8 Å². The summed E-state index contributed by atoms with van der Waals surface area (Å²) in [7, 11) is 0. The molecule has 0 radical (unpaired) electrons. The van der Waals surface area contributed by atoms with E-state index in [1.807, 2.05) is 0 Å². The molecule has 11 heteroatoms. The first-order valence-electron chi connectivity index (χ1n) is 7.91. The van der Waals surface area contributed by atoms with Crippen LogP contribution in [0.25, 0.3) is 0 Å². The number of anilines is 2. The number of hydrogen-bond acceptors (Lipinski definition) is 5. The number of rotatable bonds is 8. The lowest BCUT2D eigenvalue weighted by molar-refractivity contribution is -0.125. The first kappa shape index (κ1) is 25.9. The predicted molar refractivity (Wildman–Crippen MR) is 117 cm³/mol. The number of benzene rings is 2. The number of amides is 2. The summed E-state index contributed by atoms with van der Waals surface area (Å²) < 4.78 is 5.09. The van der Waals surface area contributed by atoms with Gasteiger partial charge in [0.15, 0.2) is 0 Å². The van der Waals surface area contributed by atoms with Gasteiger partial charge in [0.25, 0.3) is 0 Å². The van der Waals surface area contributed by atoms with Gasteiger partial charge in [-0.05, 0) is 48.5 Å². The molecule has 8 N–H and O–H groups in total. The van der Waals surface area contributed by atoms with Crippen LogP contribution in [-0.4, -0.2) is 36.7 Å². The van der Waals surface area contributed by atoms with Crippen LogP contribution >= 0.6 is 24.8 Å². The highest BCUT2D eigenvalue weighted by atomic mass is 35.5. The maximum absolute atomic E-state index is 11.8. The fourth-order valence-electron chi connectivity index (χ4n) is 2.10. The van der Waals surface area contributed by atoms with Crippen molar-refractivity contribution in [2.45, 2.75) is 0 Å². The minimum atomic E-state index is -0.413. The summed E-state index contributed by atoms with van der Waals surface area (Å²) in [6.45, 7) is -0.573. The molecule has 0 atom stereocenters. The van der Waals surface area contributed by atoms with Crippen LogP contribution in [0.4, 0.5) is 11.4 Å². The standard InChI is InChI=1S/C18H20N6O3.2ClH/c19-17(20)11-1-5-13(6-2-11)23-15(25)9-27-10-16(26)24-14-7-3-12(4-8-14)18(21)22;;/h1-8H,9-10H2,(H3,19,20)(H3,21,22)(H,23,25)(H,24,26);2*1H. The smallest absolute Gasteiger partial charge is 0.250 e. The van der Waals surface area contributed by atoms with Crippen molar-refractivity contribution in [3.8, 4) is 0 Å². The summed E-state index contributed by atoms with van der Waals surface area (Å²) in [5.41, 5.74) is 12.9. The molecule has 156 valence electrons. The van der Waals surface area contributed by atoms with Gasteiger partial charge in [-0.1, -0.05) is 0 Å². The maximum atomic E-state index is 11.8. The molecule has 0 heterocycles. The second kappa shape index (κ2) is 12.3. The lowest BCUT2D eigenvalue weighted by Crippen LogP contribution is -2.24. The third-order valence-corrected chi connectivity index (χ3v) is 3.43. The molecule has 2 aromatic carbocycles. The molecule has 9 nitrogen and oxygen atoms in total. The highest BCUT2D eigenvalue weighted by Crippen LogP contribution is 2.10. The first-order valence-corrected chi connectivity index (χ1v) is 7.91. The Hall–Kier alpha value is -3.14. The first-order chi connectivity index (χ1) is 12.8. The Balaban J connectivity index is 0.00000392. The summed E-state index contributed by atoms with van der Waals surface area (Å²) in [6.07, 6.45) is 0. The van der Waals surface area contributed by atoms with Crippen molar-refractivity contribution in [2.24, 2.45) is 11.5 Å². The van der Waals surface area contributed by atoms with Gasteiger partial charge in [0.1, 0.15) is 24.9 Å². The van der Waals surface area contributed by atoms with Gasteiger partial charge in [-0.2, -0.15) is 0 Å². The average Bonchev–Trinajstić information content (AvgIpc) is 2.62. The summed E-state index contributed by atoms with van der Waals surface area (Å²) in [4.78, 5) is 23.6. The zero-order valence-electron chi connectivity index (χ0n) is 15.2. The Bertz CT molecular complexity index is 785. The molecular formula is C18H22Cl2N6O3. The molecule has 0 aliphatic heterocycles. The summed E-state index contributed by atoms with van der Waals surface area (Å²) >= 11 is 0. The monoisotopic (exact) mass is 440 g/mol. The van der Waals surface area contributed by atoms with Crippen LogP contribution < -0.4 is 22.1 Å². The Kier molecular flexibility index (Phi) is 11.0. The highest BCUT2D eigenvalue weighted by molar-refractivity contribution is 5.97. The van der Waals surface area contributed by atoms with Gasteiger partial charge >= 0.3 is 0 Å². The number of ether oxygens (including phenoxy) is 1. The lowest BCUT2D eigenvalue weighted by Gasteiger charge is -2.08. The van der Waals surface area contributed by atoms with Gasteiger partial charge in [0.05, 0.1) is 0 Å². The lowest BCUT2D eigenvalue weighted by atomic mass is 10.2. The van der Waals surface area contributed by atoms with Gasteiger partial charge in [-0.15, -0.1) is 24.8 Å². The number of carbonyl (C=O) groups is 2. The zero-order chi connectivity index (χ0) is 19.8. The zero-order valence-corrected chi connectivity index (χ0v) is 16.9. The maximum Gasteiger partial charge on any atom is 0.250 e. The van der Waals surface area contributed by atoms with Crippen molar-refractivity contribution in [3.05, 3.63) is 59.7 Å². The number of hydrogen-bond donors (Lipinski definition) is 6. The van der Waals surface area contributed by atoms with Gasteiger partial charge in [-0.25, -0.2) is 0 Å². The van der Waals surface area contributed by atoms with Crippen LogP contribution in [0, 0.1) is 10.8 Å². The van der Waals surface area contributed by atoms with Crippen LogP contribution in [0.5, 0.6) is 0 Å². The van der Waals surface area contributed by atoms with E-state index >= 15 is 0 Å². The second-order valence-electron chi connectivity index (χ2n) is 5.57. The van der Waals surface area contributed by atoms with Gasteiger partial charge in [0, 0.05) is 22.5 Å². The topological polar surface area (TPSA) is 167 Å². The van der Waals surface area contributed by atoms with E-state index in [0.29, 0.717) is 22.5 Å². The molecule has 29 heavy (non-hydrogen) atoms. The van der Waals surface area contributed by atoms with E-state index in [2.05, 4.69) is 10.6 Å². The molecular weight excluding hydrogens is 419 g/mol. The van der Waals surface area contributed by atoms with Crippen molar-refractivity contribution < 1.29 is 14.3 Å². The molecule has 0 aliphatic carbocycles. The van der Waals surface area contributed by atoms with E-state index < -0.39 is 11.8 Å². The van der Waals surface area contributed by atoms with Crippen molar-refractivity contribution in [1.82, 2.24) is 0 Å². The normalized spacial score (nSPS) is 9.38. The number of halogens is 2. The molecule has 0 aromatic heterocycles. The van der Waals surface area contributed by atoms with Crippen molar-refractivity contribution in [1.29, 1.82) is 10.8 Å². The Morgan fingerprint density at radius 2 is 1.03 bits per heavy atom. The molecule has 2 rings (SSSR count). The number of nitrogens with one attached hydrogen (secondary N) is 4. The minimum absolute atomic E-state index is 0. The van der Waals surface area contributed by atoms with Crippen LogP contribution in [0.15, 0.2) is 48.5 Å². The molecule has 2 aromatic rings. The van der Waals surface area contributed by atoms with E-state index in [1.54, 1.807) is 48.5 Å². The average molecular weight is 441 g/mol. The quantitative estimate of drug-likeness (QED) is 0.270. The second-order valence-corrected chi connectivity index (χ2v) is 5.57. The van der Waals surface area contributed by atoms with Crippen LogP contribution in [0.3, 0.4) is 0 Å². The molecule has 0 fully saturated rings. The van der Waals surface area contributed by atoms with E-state index in [0.717, 1.165) is 0 Å². The molecule has 2 amide bonds. The molecule has 0 unspecified atom stereocenters. The van der Waals surface area contributed by atoms with Crippen LogP contribution in [0.2, 0.25) is 0 Å². The summed E-state index contributed by atoms with van der Waals surface area (Å²) in [6, 6.07) is 12.9. The SMILES string of the molecule is Cl.Cl.N=C(N)c1ccc(NC(=O)COCC(=O)Nc2ccc(C(=N)N)cc2)cc1. The number of carbonyl (C=O) groups excluding carboxylic acids is 2. The number of nitrogens with two attached hydrogens (primary N) is 2. The van der Waals surface area contributed by atoms with E-state index in [4.69, 9.17) is 27.0 Å². The molecule has 0 saturated heterocycles. The predicted octanol–water partition coefficient (Wildman–Crippen LogP) is 1.69. The third-order valence-electron chi connectivity index (χ3n) is 3.43. The van der Waals surface area contributed by atoms with Gasteiger partial charge in [0.2, 0.25) is 11.8 Å². The highest BCUT2D eigenvalue weighted by Gasteiger charge is 2.07. The molecule has 0 saturated carbocycles. The van der Waals surface area contributed by atoms with E-state index in [-0.39, 0.29) is 49.7 Å². The van der Waals surface area contributed by atoms with Crippen LogP contribution in [-0.2, 0) is 14.3 Å². The Morgan fingerprint density at radius 3 is 1.31 bits per heavy atom. The molecule has 0 spiro atoms. The van der Waals surface area contributed by atoms with E-state index in [9.17, 15) is 9.59 Å².